The maximum Gasteiger partial charge on any atom is 0.303 e. The Hall–Kier alpha value is -0.910. The van der Waals surface area contributed by atoms with Crippen molar-refractivity contribution in [3.05, 3.63) is 12.7 Å². The molecule has 4 aliphatic carbocycles. The Balaban J connectivity index is 1.30. The Bertz CT molecular complexity index is 910. The number of aliphatic hydroxyl groups is 1. The van der Waals surface area contributed by atoms with Gasteiger partial charge in [0.2, 0.25) is 0 Å². The number of aliphatic hydroxyl groups excluding tert-OH is 1. The molecule has 1 N–H and O–H groups in total. The van der Waals surface area contributed by atoms with E-state index < -0.39 is 0 Å². The summed E-state index contributed by atoms with van der Waals surface area (Å²) in [6, 6.07) is 0.749. The molecule has 2 aliphatic heterocycles. The van der Waals surface area contributed by atoms with E-state index >= 15 is 0 Å². The molecule has 0 aromatic heterocycles. The molecular formula is C34H57N2O3+. The zero-order valence-corrected chi connectivity index (χ0v) is 25.3. The molecule has 3 unspecified atom stereocenters. The van der Waals surface area contributed by atoms with Gasteiger partial charge in [-0.1, -0.05) is 26.8 Å². The first-order valence-electron chi connectivity index (χ1n) is 16.8. The number of likely N-dealkylation sites (tertiary alicyclic amines) is 2. The quantitative estimate of drug-likeness (QED) is 0.265. The maximum absolute atomic E-state index is 12.6. The lowest BCUT2D eigenvalue weighted by atomic mass is 9.44. The highest BCUT2D eigenvalue weighted by Crippen LogP contribution is 2.67. The van der Waals surface area contributed by atoms with Crippen molar-refractivity contribution >= 4 is 5.97 Å². The number of hydrogen-bond acceptors (Lipinski definition) is 4. The molecular weight excluding hydrogens is 484 g/mol. The van der Waals surface area contributed by atoms with Crippen molar-refractivity contribution in [2.24, 2.45) is 34.5 Å². The zero-order valence-electron chi connectivity index (χ0n) is 25.3. The van der Waals surface area contributed by atoms with Crippen molar-refractivity contribution in [3.63, 3.8) is 0 Å². The number of fused-ring (bicyclic) bond motifs is 5. The van der Waals surface area contributed by atoms with Gasteiger partial charge in [0.15, 0.2) is 6.10 Å². The van der Waals surface area contributed by atoms with Gasteiger partial charge < -0.3 is 14.3 Å². The van der Waals surface area contributed by atoms with Crippen LogP contribution in [0.4, 0.5) is 0 Å². The van der Waals surface area contributed by atoms with Gasteiger partial charge in [0.25, 0.3) is 0 Å². The molecule has 6 aliphatic rings. The molecule has 5 nitrogen and oxygen atoms in total. The van der Waals surface area contributed by atoms with Crippen molar-refractivity contribution in [2.45, 2.75) is 129 Å². The number of rotatable bonds is 5. The van der Waals surface area contributed by atoms with Crippen LogP contribution < -0.4 is 0 Å². The Morgan fingerprint density at radius 1 is 1.00 bits per heavy atom. The molecule has 0 aromatic carbocycles. The summed E-state index contributed by atoms with van der Waals surface area (Å²) in [5.74, 6) is 2.65. The molecule has 220 valence electrons. The van der Waals surface area contributed by atoms with Crippen LogP contribution in [0.25, 0.3) is 0 Å². The molecule has 39 heavy (non-hydrogen) atoms. The van der Waals surface area contributed by atoms with Crippen LogP contribution in [-0.4, -0.2) is 77.5 Å². The van der Waals surface area contributed by atoms with Crippen LogP contribution in [0.3, 0.4) is 0 Å². The molecule has 5 heteroatoms. The highest BCUT2D eigenvalue weighted by atomic mass is 16.5. The molecule has 0 aromatic rings. The van der Waals surface area contributed by atoms with E-state index in [0.717, 1.165) is 29.3 Å². The largest absolute Gasteiger partial charge is 0.456 e. The van der Waals surface area contributed by atoms with Crippen LogP contribution in [0.5, 0.6) is 0 Å². The molecule has 6 fully saturated rings. The monoisotopic (exact) mass is 541 g/mol. The highest BCUT2D eigenvalue weighted by molar-refractivity contribution is 5.66. The van der Waals surface area contributed by atoms with E-state index in [-0.39, 0.29) is 23.6 Å². The third-order valence-electron chi connectivity index (χ3n) is 13.7. The molecule has 0 spiro atoms. The summed E-state index contributed by atoms with van der Waals surface area (Å²) in [5, 5.41) is 11.3. The van der Waals surface area contributed by atoms with E-state index in [9.17, 15) is 9.90 Å². The van der Waals surface area contributed by atoms with Gasteiger partial charge in [0.1, 0.15) is 6.04 Å². The van der Waals surface area contributed by atoms with E-state index in [1.54, 1.807) is 6.92 Å². The Morgan fingerprint density at radius 3 is 2.41 bits per heavy atom. The standard InChI is InChI=1S/C34H57N2O3/c1-5-18-36(19-10-7-11-20-36)30-22-28-26-13-12-25-21-31(38)29(35-16-8-6-9-17-35)23-34(25,4)27(26)14-15-33(28,3)32(30)39-24(2)37/h5,25-32,38H,1,6-23H2,2-4H3/q+1/t25-,26?,27?,28?,29-,30-,31-,32+,33-,34-/m0/s1. The summed E-state index contributed by atoms with van der Waals surface area (Å²) in [6.45, 7) is 16.7. The molecule has 0 bridgehead atoms. The number of carbonyl (C=O) groups excluding carboxylic acids is 1. The average Bonchev–Trinajstić information content (AvgIpc) is 3.22. The van der Waals surface area contributed by atoms with Crippen LogP contribution >= 0.6 is 0 Å². The van der Waals surface area contributed by atoms with Gasteiger partial charge in [-0.15, -0.1) is 0 Å². The lowest BCUT2D eigenvalue weighted by Gasteiger charge is -2.62. The Morgan fingerprint density at radius 2 is 1.72 bits per heavy atom. The van der Waals surface area contributed by atoms with E-state index in [2.05, 4.69) is 31.4 Å². The maximum atomic E-state index is 12.6. The number of hydrogen-bond donors (Lipinski definition) is 1. The van der Waals surface area contributed by atoms with Gasteiger partial charge in [-0.3, -0.25) is 9.69 Å². The molecule has 2 heterocycles. The minimum absolute atomic E-state index is 0.0267. The fourth-order valence-corrected chi connectivity index (χ4v) is 11.8. The number of ether oxygens (including phenoxy) is 1. The van der Waals surface area contributed by atoms with Gasteiger partial charge in [-0.25, -0.2) is 0 Å². The first kappa shape index (κ1) is 28.2. The second kappa shape index (κ2) is 10.7. The molecule has 0 radical (unpaired) electrons. The lowest BCUT2D eigenvalue weighted by Crippen LogP contribution is -2.62. The third kappa shape index (κ3) is 4.65. The number of esters is 1. The fraction of sp³-hybridized carbons (Fsp3) is 0.912. The number of quaternary nitrogens is 1. The predicted molar refractivity (Wildman–Crippen MR) is 156 cm³/mol. The highest BCUT2D eigenvalue weighted by Gasteiger charge is 2.67. The van der Waals surface area contributed by atoms with Gasteiger partial charge >= 0.3 is 5.97 Å². The second-order valence-electron chi connectivity index (χ2n) is 15.4. The van der Waals surface area contributed by atoms with E-state index in [1.807, 2.05) is 0 Å². The van der Waals surface area contributed by atoms with Crippen LogP contribution in [0, 0.1) is 34.5 Å². The average molecular weight is 542 g/mol. The molecule has 6 rings (SSSR count). The minimum atomic E-state index is -0.154. The normalized spacial score (nSPS) is 47.9. The fourth-order valence-electron chi connectivity index (χ4n) is 11.8. The van der Waals surface area contributed by atoms with Gasteiger partial charge in [0.05, 0.1) is 25.7 Å². The zero-order chi connectivity index (χ0) is 27.4. The van der Waals surface area contributed by atoms with Gasteiger partial charge in [0, 0.05) is 24.8 Å². The summed E-state index contributed by atoms with van der Waals surface area (Å²) < 4.78 is 7.51. The number of nitrogens with zero attached hydrogens (tertiary/aromatic N) is 2. The summed E-state index contributed by atoms with van der Waals surface area (Å²) in [4.78, 5) is 15.2. The smallest absolute Gasteiger partial charge is 0.303 e. The van der Waals surface area contributed by atoms with Crippen LogP contribution in [0.15, 0.2) is 12.7 Å². The second-order valence-corrected chi connectivity index (χ2v) is 15.4. The minimum Gasteiger partial charge on any atom is -0.456 e. The van der Waals surface area contributed by atoms with Crippen LogP contribution in [-0.2, 0) is 9.53 Å². The van der Waals surface area contributed by atoms with Crippen molar-refractivity contribution in [1.29, 1.82) is 0 Å². The molecule has 10 atom stereocenters. The molecule has 4 saturated carbocycles. The Labute approximate surface area is 238 Å². The van der Waals surface area contributed by atoms with Crippen molar-refractivity contribution in [2.75, 3.05) is 32.7 Å². The first-order valence-corrected chi connectivity index (χ1v) is 16.8. The van der Waals surface area contributed by atoms with Crippen molar-refractivity contribution in [1.82, 2.24) is 4.90 Å². The van der Waals surface area contributed by atoms with Gasteiger partial charge in [-0.2, -0.15) is 0 Å². The first-order chi connectivity index (χ1) is 18.7. The van der Waals surface area contributed by atoms with Crippen molar-refractivity contribution in [3.8, 4) is 0 Å². The predicted octanol–water partition coefficient (Wildman–Crippen LogP) is 5.95. The summed E-state index contributed by atoms with van der Waals surface area (Å²) in [6.07, 6.45) is 18.2. The van der Waals surface area contributed by atoms with E-state index in [4.69, 9.17) is 4.74 Å². The lowest BCUT2D eigenvalue weighted by molar-refractivity contribution is -0.952. The number of carbonyl (C=O) groups is 1. The van der Waals surface area contributed by atoms with E-state index in [0.29, 0.717) is 29.3 Å². The molecule has 2 saturated heterocycles. The van der Waals surface area contributed by atoms with Gasteiger partial charge in [-0.05, 0) is 119 Å². The van der Waals surface area contributed by atoms with Crippen LogP contribution in [0.2, 0.25) is 0 Å². The van der Waals surface area contributed by atoms with Crippen LogP contribution in [0.1, 0.15) is 104 Å². The SMILES string of the molecule is C=CC[N+]1([C@H]2CC3C4CC[C@H]5C[C@H](O)[C@@H](N6CCCCC6)C[C@]5(C)C4CC[C@]3(C)[C@@H]2OC(C)=O)CCCCC1. The Kier molecular flexibility index (Phi) is 7.77. The van der Waals surface area contributed by atoms with E-state index in [1.165, 1.54) is 103 Å². The molecule has 0 amide bonds. The summed E-state index contributed by atoms with van der Waals surface area (Å²) in [5.41, 5.74) is 0.393. The topological polar surface area (TPSA) is 49.8 Å². The summed E-state index contributed by atoms with van der Waals surface area (Å²) in [7, 11) is 0. The summed E-state index contributed by atoms with van der Waals surface area (Å²) >= 11 is 0. The van der Waals surface area contributed by atoms with Crippen molar-refractivity contribution < 1.29 is 19.1 Å². The third-order valence-corrected chi connectivity index (χ3v) is 13.7. The number of piperidine rings is 2.